The number of benzene rings is 4. The van der Waals surface area contributed by atoms with Crippen molar-refractivity contribution >= 4 is 21.6 Å². The number of ether oxygens (including phenoxy) is 1. The maximum absolute atomic E-state index is 15.2. The molecule has 0 spiro atoms. The number of amides is 1. The SMILES string of the molecule is COc1ccccc1S(=O)(=O)N1[C@@H](CCCc2c(F)cccc2NC(=O)C[C@@H](c2ccc(F)cc2)c2cc(F)cc(F)c2)CNC[C@H]1C. The van der Waals surface area contributed by atoms with Crippen molar-refractivity contribution in [2.45, 2.75) is 55.5 Å². The summed E-state index contributed by atoms with van der Waals surface area (Å²) >= 11 is 0. The number of nitrogens with one attached hydrogen (secondary N) is 2. The second kappa shape index (κ2) is 15.3. The average Bonchev–Trinajstić information content (AvgIpc) is 3.05. The third-order valence-corrected chi connectivity index (χ3v) is 10.7. The summed E-state index contributed by atoms with van der Waals surface area (Å²) in [6, 6.07) is 18.3. The minimum atomic E-state index is -3.93. The summed E-state index contributed by atoms with van der Waals surface area (Å²) in [7, 11) is -2.51. The second-order valence-electron chi connectivity index (χ2n) is 11.9. The zero-order valence-electron chi connectivity index (χ0n) is 26.6. The third-order valence-electron chi connectivity index (χ3n) is 8.54. The number of hydrogen-bond donors (Lipinski definition) is 2. The summed E-state index contributed by atoms with van der Waals surface area (Å²) in [6.45, 7) is 2.70. The molecule has 5 rings (SSSR count). The van der Waals surface area contributed by atoms with E-state index in [9.17, 15) is 26.4 Å². The topological polar surface area (TPSA) is 87.7 Å². The average molecular weight is 684 g/mol. The van der Waals surface area contributed by atoms with E-state index in [0.717, 1.165) is 18.2 Å². The van der Waals surface area contributed by atoms with Gasteiger partial charge < -0.3 is 15.4 Å². The first-order valence-corrected chi connectivity index (χ1v) is 17.1. The standard InChI is InChI=1S/C36H37F4N3O4S/c1-23-21-41-22-29(43(23)48(45,46)35-12-4-3-11-34(35)47-2)7-5-8-30-32(40)9-6-10-33(30)42-36(44)20-31(24-13-15-26(37)16-14-24)25-17-27(38)19-28(39)18-25/h3-4,6,9-19,23,29,31,41H,5,7-8,20-22H2,1-2H3,(H,42,44)/t23-,29+,31+/m1/s1. The first-order chi connectivity index (χ1) is 23.0. The number of carbonyl (C=O) groups excluding carboxylic acids is 1. The summed E-state index contributed by atoms with van der Waals surface area (Å²) in [5, 5.41) is 6.03. The number of nitrogens with zero attached hydrogens (tertiary/aromatic N) is 1. The quantitative estimate of drug-likeness (QED) is 0.161. The number of carbonyl (C=O) groups is 1. The Bertz CT molecular complexity index is 1840. The molecule has 2 N–H and O–H groups in total. The largest absolute Gasteiger partial charge is 0.495 e. The van der Waals surface area contributed by atoms with Gasteiger partial charge in [-0.1, -0.05) is 30.3 Å². The van der Waals surface area contributed by atoms with Gasteiger partial charge in [0.2, 0.25) is 15.9 Å². The lowest BCUT2D eigenvalue weighted by Gasteiger charge is -2.40. The van der Waals surface area contributed by atoms with Gasteiger partial charge in [-0.3, -0.25) is 4.79 Å². The Morgan fingerprint density at radius 1 is 0.917 bits per heavy atom. The van der Waals surface area contributed by atoms with Crippen molar-refractivity contribution in [2.24, 2.45) is 0 Å². The van der Waals surface area contributed by atoms with Crippen LogP contribution in [0.4, 0.5) is 23.2 Å². The third kappa shape index (κ3) is 8.05. The Hall–Kier alpha value is -4.26. The molecule has 0 bridgehead atoms. The van der Waals surface area contributed by atoms with Crippen molar-refractivity contribution in [3.8, 4) is 5.75 Å². The molecular weight excluding hydrogens is 646 g/mol. The van der Waals surface area contributed by atoms with Gasteiger partial charge in [0, 0.05) is 54.8 Å². The first-order valence-electron chi connectivity index (χ1n) is 15.6. The van der Waals surface area contributed by atoms with Gasteiger partial charge in [0.15, 0.2) is 0 Å². The number of para-hydroxylation sites is 1. The van der Waals surface area contributed by atoms with Crippen LogP contribution in [0.25, 0.3) is 0 Å². The van der Waals surface area contributed by atoms with Crippen molar-refractivity contribution < 1.29 is 35.5 Å². The molecule has 1 saturated heterocycles. The molecule has 0 aliphatic carbocycles. The van der Waals surface area contributed by atoms with Crippen LogP contribution in [-0.4, -0.2) is 50.9 Å². The van der Waals surface area contributed by atoms with Crippen LogP contribution in [0.3, 0.4) is 0 Å². The fraction of sp³-hybridized carbons (Fsp3) is 0.306. The van der Waals surface area contributed by atoms with Crippen LogP contribution in [0.1, 0.15) is 48.8 Å². The number of anilines is 1. The summed E-state index contributed by atoms with van der Waals surface area (Å²) in [4.78, 5) is 13.5. The zero-order valence-corrected chi connectivity index (χ0v) is 27.4. The molecule has 0 unspecified atom stereocenters. The Morgan fingerprint density at radius 2 is 1.62 bits per heavy atom. The lowest BCUT2D eigenvalue weighted by Crippen LogP contribution is -2.58. The predicted octanol–water partition coefficient (Wildman–Crippen LogP) is 6.79. The second-order valence-corrected chi connectivity index (χ2v) is 13.7. The molecule has 7 nitrogen and oxygen atoms in total. The highest BCUT2D eigenvalue weighted by molar-refractivity contribution is 7.89. The number of piperazine rings is 1. The number of rotatable bonds is 12. The highest BCUT2D eigenvalue weighted by Gasteiger charge is 2.39. The van der Waals surface area contributed by atoms with Crippen molar-refractivity contribution in [2.75, 3.05) is 25.5 Å². The van der Waals surface area contributed by atoms with E-state index in [0.29, 0.717) is 31.5 Å². The summed E-state index contributed by atoms with van der Waals surface area (Å²) < 4.78 is 91.7. The number of hydrogen-bond acceptors (Lipinski definition) is 5. The lowest BCUT2D eigenvalue weighted by atomic mass is 9.88. The predicted molar refractivity (Wildman–Crippen MR) is 175 cm³/mol. The molecule has 48 heavy (non-hydrogen) atoms. The molecule has 12 heteroatoms. The lowest BCUT2D eigenvalue weighted by molar-refractivity contribution is -0.116. The van der Waals surface area contributed by atoms with E-state index >= 15 is 4.39 Å². The van der Waals surface area contributed by atoms with Gasteiger partial charge in [0.25, 0.3) is 0 Å². The molecule has 4 aromatic carbocycles. The fourth-order valence-electron chi connectivity index (χ4n) is 6.34. The molecule has 1 aliphatic rings. The van der Waals surface area contributed by atoms with Gasteiger partial charge in [-0.15, -0.1) is 0 Å². The summed E-state index contributed by atoms with van der Waals surface area (Å²) in [5.41, 5.74) is 1.14. The Morgan fingerprint density at radius 3 is 2.33 bits per heavy atom. The molecule has 0 aromatic heterocycles. The van der Waals surface area contributed by atoms with E-state index < -0.39 is 51.2 Å². The Balaban J connectivity index is 1.32. The normalized spacial score (nSPS) is 17.5. The fourth-order valence-corrected chi connectivity index (χ4v) is 8.34. The maximum Gasteiger partial charge on any atom is 0.247 e. The van der Waals surface area contributed by atoms with Gasteiger partial charge in [0.05, 0.1) is 7.11 Å². The highest BCUT2D eigenvalue weighted by Crippen LogP contribution is 2.33. The summed E-state index contributed by atoms with van der Waals surface area (Å²) in [5.74, 6) is -3.79. The smallest absolute Gasteiger partial charge is 0.247 e. The number of sulfonamides is 1. The molecule has 3 atom stereocenters. The van der Waals surface area contributed by atoms with E-state index in [1.807, 2.05) is 6.92 Å². The minimum absolute atomic E-state index is 0.0743. The van der Waals surface area contributed by atoms with Crippen LogP contribution in [-0.2, 0) is 21.2 Å². The molecule has 1 heterocycles. The van der Waals surface area contributed by atoms with Crippen molar-refractivity contribution in [1.29, 1.82) is 0 Å². The van der Waals surface area contributed by atoms with Gasteiger partial charge >= 0.3 is 0 Å². The highest BCUT2D eigenvalue weighted by atomic mass is 32.2. The minimum Gasteiger partial charge on any atom is -0.495 e. The van der Waals surface area contributed by atoms with Crippen LogP contribution in [0.15, 0.2) is 89.8 Å². The monoisotopic (exact) mass is 683 g/mol. The van der Waals surface area contributed by atoms with Crippen LogP contribution < -0.4 is 15.4 Å². The van der Waals surface area contributed by atoms with E-state index in [2.05, 4.69) is 10.6 Å². The number of methoxy groups -OCH3 is 1. The molecule has 1 fully saturated rings. The van der Waals surface area contributed by atoms with E-state index in [1.54, 1.807) is 24.3 Å². The molecule has 1 amide bonds. The van der Waals surface area contributed by atoms with Crippen LogP contribution in [0.2, 0.25) is 0 Å². The van der Waals surface area contributed by atoms with E-state index in [1.165, 1.54) is 53.9 Å². The van der Waals surface area contributed by atoms with Gasteiger partial charge in [0.1, 0.15) is 33.9 Å². The maximum atomic E-state index is 15.2. The zero-order chi connectivity index (χ0) is 34.4. The summed E-state index contributed by atoms with van der Waals surface area (Å²) in [6.07, 6.45) is 0.755. The van der Waals surface area contributed by atoms with Crippen molar-refractivity contribution in [3.05, 3.63) is 125 Å². The van der Waals surface area contributed by atoms with Crippen molar-refractivity contribution in [3.63, 3.8) is 0 Å². The van der Waals surface area contributed by atoms with E-state index in [-0.39, 0.29) is 46.3 Å². The van der Waals surface area contributed by atoms with Crippen molar-refractivity contribution in [1.82, 2.24) is 9.62 Å². The molecule has 254 valence electrons. The van der Waals surface area contributed by atoms with Gasteiger partial charge in [-0.25, -0.2) is 26.0 Å². The van der Waals surface area contributed by atoms with Gasteiger partial charge in [-0.05, 0) is 85.8 Å². The van der Waals surface area contributed by atoms with Crippen LogP contribution >= 0.6 is 0 Å². The first kappa shape index (κ1) is 35.1. The van der Waals surface area contributed by atoms with Crippen LogP contribution in [0, 0.1) is 23.3 Å². The molecular formula is C36H37F4N3O4S. The number of halogens is 4. The molecule has 1 aliphatic heterocycles. The van der Waals surface area contributed by atoms with Gasteiger partial charge in [-0.2, -0.15) is 4.31 Å². The molecule has 0 radical (unpaired) electrons. The Kier molecular flexibility index (Phi) is 11.2. The van der Waals surface area contributed by atoms with Crippen LogP contribution in [0.5, 0.6) is 5.75 Å². The van der Waals surface area contributed by atoms with E-state index in [4.69, 9.17) is 4.74 Å². The Labute approximate surface area is 278 Å². The molecule has 0 saturated carbocycles. The molecule has 4 aromatic rings.